The molecule has 0 saturated carbocycles. The zero-order valence-electron chi connectivity index (χ0n) is 18.8. The van der Waals surface area contributed by atoms with Crippen LogP contribution in [-0.2, 0) is 19.1 Å². The number of esters is 1. The van der Waals surface area contributed by atoms with Gasteiger partial charge in [0.05, 0.1) is 5.56 Å². The largest absolute Gasteiger partial charge is 0.453 e. The van der Waals surface area contributed by atoms with Crippen molar-refractivity contribution in [1.82, 2.24) is 0 Å². The predicted octanol–water partition coefficient (Wildman–Crippen LogP) is 4.21. The molecule has 35 heavy (non-hydrogen) atoms. The number of ether oxygens (including phenoxy) is 1. The van der Waals surface area contributed by atoms with Crippen LogP contribution in [0.25, 0.3) is 6.08 Å². The molecule has 0 fully saturated rings. The SMILES string of the molecule is CC(=O)c1ccc(NC(=O)C(=O)[C@@H](C(=O)/C=C/c2ccccc2)[C@H]2OC(=O)c3ccccc32)cc1. The monoisotopic (exact) mass is 467 g/mol. The Bertz CT molecular complexity index is 1340. The molecule has 0 aliphatic carbocycles. The van der Waals surface area contributed by atoms with E-state index in [0.717, 1.165) is 5.56 Å². The molecule has 0 bridgehead atoms. The number of amides is 1. The van der Waals surface area contributed by atoms with Gasteiger partial charge in [-0.3, -0.25) is 19.2 Å². The molecule has 7 heteroatoms. The number of nitrogens with one attached hydrogen (secondary N) is 1. The lowest BCUT2D eigenvalue weighted by Crippen LogP contribution is -2.37. The number of hydrogen-bond acceptors (Lipinski definition) is 6. The van der Waals surface area contributed by atoms with Crippen molar-refractivity contribution < 1.29 is 28.7 Å². The summed E-state index contributed by atoms with van der Waals surface area (Å²) in [4.78, 5) is 63.2. The summed E-state index contributed by atoms with van der Waals surface area (Å²) < 4.78 is 5.40. The number of cyclic esters (lactones) is 1. The van der Waals surface area contributed by atoms with Crippen molar-refractivity contribution in [3.05, 3.63) is 107 Å². The minimum atomic E-state index is -1.57. The highest BCUT2D eigenvalue weighted by Gasteiger charge is 2.45. The molecule has 0 aromatic heterocycles. The van der Waals surface area contributed by atoms with Crippen LogP contribution in [0.15, 0.2) is 84.9 Å². The molecule has 1 N–H and O–H groups in total. The fourth-order valence-corrected chi connectivity index (χ4v) is 3.81. The van der Waals surface area contributed by atoms with E-state index in [1.165, 1.54) is 43.3 Å². The number of benzene rings is 3. The van der Waals surface area contributed by atoms with Crippen LogP contribution < -0.4 is 5.32 Å². The molecule has 4 rings (SSSR count). The van der Waals surface area contributed by atoms with E-state index in [0.29, 0.717) is 11.1 Å². The first kappa shape index (κ1) is 23.5. The summed E-state index contributed by atoms with van der Waals surface area (Å²) in [5.41, 5.74) is 2.07. The average Bonchev–Trinajstić information content (AvgIpc) is 3.20. The molecule has 174 valence electrons. The highest BCUT2D eigenvalue weighted by atomic mass is 16.5. The Labute approximate surface area is 201 Å². The van der Waals surface area contributed by atoms with Crippen LogP contribution in [-0.4, -0.2) is 29.2 Å². The molecule has 0 spiro atoms. The van der Waals surface area contributed by atoms with Gasteiger partial charge in [-0.25, -0.2) is 4.79 Å². The van der Waals surface area contributed by atoms with Gasteiger partial charge in [-0.1, -0.05) is 54.6 Å². The third kappa shape index (κ3) is 5.14. The van der Waals surface area contributed by atoms with Gasteiger partial charge in [0.2, 0.25) is 5.78 Å². The second kappa shape index (κ2) is 10.1. The topological polar surface area (TPSA) is 107 Å². The van der Waals surface area contributed by atoms with Gasteiger partial charge in [-0.15, -0.1) is 0 Å². The number of Topliss-reactive ketones (excluding diaryl/α,β-unsaturated/α-hetero) is 2. The zero-order chi connectivity index (χ0) is 24.9. The summed E-state index contributed by atoms with van der Waals surface area (Å²) in [6.45, 7) is 1.41. The van der Waals surface area contributed by atoms with E-state index in [2.05, 4.69) is 5.32 Å². The Balaban J connectivity index is 1.63. The first-order valence-electron chi connectivity index (χ1n) is 10.9. The van der Waals surface area contributed by atoms with Crippen LogP contribution in [0.3, 0.4) is 0 Å². The number of hydrogen-bond donors (Lipinski definition) is 1. The molecule has 1 aliphatic heterocycles. The van der Waals surface area contributed by atoms with Gasteiger partial charge in [-0.05, 0) is 48.9 Å². The molecule has 3 aromatic carbocycles. The van der Waals surface area contributed by atoms with Gasteiger partial charge in [0.1, 0.15) is 12.0 Å². The summed E-state index contributed by atoms with van der Waals surface area (Å²) in [5, 5.41) is 2.46. The van der Waals surface area contributed by atoms with E-state index >= 15 is 0 Å². The van der Waals surface area contributed by atoms with E-state index in [1.807, 2.05) is 6.07 Å². The molecule has 0 saturated heterocycles. The normalized spacial score (nSPS) is 15.2. The molecule has 0 radical (unpaired) electrons. The number of carbonyl (C=O) groups is 5. The molecular weight excluding hydrogens is 446 g/mol. The Morgan fingerprint density at radius 2 is 1.54 bits per heavy atom. The van der Waals surface area contributed by atoms with Gasteiger partial charge in [0.25, 0.3) is 5.91 Å². The van der Waals surface area contributed by atoms with Crippen molar-refractivity contribution >= 4 is 41.0 Å². The molecule has 2 atom stereocenters. The van der Waals surface area contributed by atoms with Gasteiger partial charge >= 0.3 is 5.97 Å². The zero-order valence-corrected chi connectivity index (χ0v) is 18.8. The number of anilines is 1. The van der Waals surface area contributed by atoms with Gasteiger partial charge < -0.3 is 10.1 Å². The molecular formula is C28H21NO6. The lowest BCUT2D eigenvalue weighted by atomic mass is 9.87. The maximum Gasteiger partial charge on any atom is 0.339 e. The third-order valence-corrected chi connectivity index (χ3v) is 5.63. The first-order valence-corrected chi connectivity index (χ1v) is 10.9. The van der Waals surface area contributed by atoms with Crippen molar-refractivity contribution in [1.29, 1.82) is 0 Å². The summed E-state index contributed by atoms with van der Waals surface area (Å²) in [6, 6.07) is 21.4. The quantitative estimate of drug-likeness (QED) is 0.175. The van der Waals surface area contributed by atoms with E-state index in [-0.39, 0.29) is 17.0 Å². The van der Waals surface area contributed by atoms with E-state index in [9.17, 15) is 24.0 Å². The first-order chi connectivity index (χ1) is 16.8. The van der Waals surface area contributed by atoms with Crippen molar-refractivity contribution in [3.8, 4) is 0 Å². The van der Waals surface area contributed by atoms with Crippen LogP contribution in [0.1, 0.15) is 44.9 Å². The van der Waals surface area contributed by atoms with Crippen LogP contribution >= 0.6 is 0 Å². The van der Waals surface area contributed by atoms with Gasteiger partial charge in [0, 0.05) is 16.8 Å². The maximum absolute atomic E-state index is 13.3. The third-order valence-electron chi connectivity index (χ3n) is 5.63. The smallest absolute Gasteiger partial charge is 0.339 e. The minimum Gasteiger partial charge on any atom is -0.453 e. The minimum absolute atomic E-state index is 0.142. The standard InChI is InChI=1S/C28H21NO6/c1-17(30)19-12-14-20(15-13-19)29-27(33)25(32)24(23(31)16-11-18-7-3-2-4-8-18)26-21-9-5-6-10-22(21)28(34)35-26/h2-16,24,26H,1H3,(H,29,33)/b16-11+/t24-,26+/m1/s1. The van der Waals surface area contributed by atoms with Crippen molar-refractivity contribution in [2.45, 2.75) is 13.0 Å². The predicted molar refractivity (Wildman–Crippen MR) is 129 cm³/mol. The van der Waals surface area contributed by atoms with Gasteiger partial charge in [0.15, 0.2) is 11.6 Å². The van der Waals surface area contributed by atoms with Crippen molar-refractivity contribution in [3.63, 3.8) is 0 Å². The average molecular weight is 467 g/mol. The number of rotatable bonds is 8. The Kier molecular flexibility index (Phi) is 6.78. The summed E-state index contributed by atoms with van der Waals surface area (Å²) >= 11 is 0. The highest BCUT2D eigenvalue weighted by molar-refractivity contribution is 6.45. The number of ketones is 3. The van der Waals surface area contributed by atoms with Crippen LogP contribution in [0, 0.1) is 5.92 Å². The number of fused-ring (bicyclic) bond motifs is 1. The maximum atomic E-state index is 13.3. The van der Waals surface area contributed by atoms with Crippen LogP contribution in [0.4, 0.5) is 5.69 Å². The fraction of sp³-hybridized carbons (Fsp3) is 0.107. The second-order valence-electron chi connectivity index (χ2n) is 7.99. The lowest BCUT2D eigenvalue weighted by molar-refractivity contribution is -0.143. The number of allylic oxidation sites excluding steroid dienone is 1. The summed E-state index contributed by atoms with van der Waals surface area (Å²) in [5.74, 6) is -5.13. The van der Waals surface area contributed by atoms with Crippen LogP contribution in [0.5, 0.6) is 0 Å². The van der Waals surface area contributed by atoms with Crippen molar-refractivity contribution in [2.24, 2.45) is 5.92 Å². The molecule has 0 unspecified atom stereocenters. The summed E-state index contributed by atoms with van der Waals surface area (Å²) in [6.07, 6.45) is 1.51. The highest BCUT2D eigenvalue weighted by Crippen LogP contribution is 2.37. The molecule has 7 nitrogen and oxygen atoms in total. The van der Waals surface area contributed by atoms with Gasteiger partial charge in [-0.2, -0.15) is 0 Å². The summed E-state index contributed by atoms with van der Waals surface area (Å²) in [7, 11) is 0. The number of carbonyl (C=O) groups excluding carboxylic acids is 5. The van der Waals surface area contributed by atoms with Crippen LogP contribution in [0.2, 0.25) is 0 Å². The Hall–Kier alpha value is -4.65. The van der Waals surface area contributed by atoms with E-state index in [4.69, 9.17) is 4.74 Å². The molecule has 1 amide bonds. The second-order valence-corrected chi connectivity index (χ2v) is 7.99. The van der Waals surface area contributed by atoms with E-state index < -0.39 is 35.5 Å². The molecule has 3 aromatic rings. The van der Waals surface area contributed by atoms with E-state index in [1.54, 1.807) is 48.5 Å². The Morgan fingerprint density at radius 1 is 0.886 bits per heavy atom. The Morgan fingerprint density at radius 3 is 2.23 bits per heavy atom. The fourth-order valence-electron chi connectivity index (χ4n) is 3.81. The molecule has 1 aliphatic rings. The lowest BCUT2D eigenvalue weighted by Gasteiger charge is -2.19. The van der Waals surface area contributed by atoms with Crippen molar-refractivity contribution in [2.75, 3.05) is 5.32 Å². The molecule has 1 heterocycles.